The van der Waals surface area contributed by atoms with Crippen LogP contribution in [-0.2, 0) is 0 Å². The number of nitrogens with zero attached hydrogens (tertiary/aromatic N) is 2. The minimum atomic E-state index is -0.114. The lowest BCUT2D eigenvalue weighted by molar-refractivity contribution is 0.0662. The molecule has 1 unspecified atom stereocenters. The average Bonchev–Trinajstić information content (AvgIpc) is 2.84. The zero-order valence-electron chi connectivity index (χ0n) is 20.4. The molecule has 1 saturated heterocycles. The van der Waals surface area contributed by atoms with E-state index in [9.17, 15) is 9.59 Å². The molecule has 186 valence electrons. The monoisotopic (exact) mass is 513 g/mol. The van der Waals surface area contributed by atoms with Crippen molar-refractivity contribution in [2.24, 2.45) is 0 Å². The smallest absolute Gasteiger partial charge is 0.255 e. The highest BCUT2D eigenvalue weighted by atomic mass is 35.5. The van der Waals surface area contributed by atoms with Gasteiger partial charge in [0.2, 0.25) is 0 Å². The maximum atomic E-state index is 13.3. The Morgan fingerprint density at radius 1 is 0.800 bits per heavy atom. The summed E-state index contributed by atoms with van der Waals surface area (Å²) in [6, 6.07) is 23.3. The lowest BCUT2D eigenvalue weighted by Gasteiger charge is -2.33. The van der Waals surface area contributed by atoms with Crippen LogP contribution in [-0.4, -0.2) is 54.8 Å². The molecular weight excluding hydrogens is 481 g/mol. The molecule has 0 radical (unpaired) electrons. The predicted octanol–water partition coefficient (Wildman–Crippen LogP) is 5.63. The summed E-state index contributed by atoms with van der Waals surface area (Å²) in [5, 5.41) is 2.98. The SMILES string of the molecule is Cc1ccccc1C(=O)Nc1ccc(C(C)c2ccccc2C(=O)N2CCN(C)CC2)cc1.Cl.Cl. The number of amides is 2. The van der Waals surface area contributed by atoms with E-state index in [-0.39, 0.29) is 42.5 Å². The molecule has 1 heterocycles. The number of likely N-dealkylation sites (N-methyl/N-ethyl adjacent to an activating group) is 1. The second kappa shape index (κ2) is 12.7. The van der Waals surface area contributed by atoms with Gasteiger partial charge in [0.05, 0.1) is 0 Å². The predicted molar refractivity (Wildman–Crippen MR) is 147 cm³/mol. The van der Waals surface area contributed by atoms with Crippen molar-refractivity contribution >= 4 is 42.3 Å². The van der Waals surface area contributed by atoms with E-state index < -0.39 is 0 Å². The van der Waals surface area contributed by atoms with Gasteiger partial charge in [-0.2, -0.15) is 0 Å². The van der Waals surface area contributed by atoms with Gasteiger partial charge in [-0.1, -0.05) is 55.5 Å². The fourth-order valence-corrected chi connectivity index (χ4v) is 4.31. The Morgan fingerprint density at radius 3 is 2.00 bits per heavy atom. The number of hydrogen-bond donors (Lipinski definition) is 1. The second-order valence-corrected chi connectivity index (χ2v) is 8.80. The number of rotatable bonds is 5. The van der Waals surface area contributed by atoms with Gasteiger partial charge in [-0.15, -0.1) is 24.8 Å². The molecular formula is C28H33Cl2N3O2. The molecule has 35 heavy (non-hydrogen) atoms. The third-order valence-corrected chi connectivity index (χ3v) is 6.51. The summed E-state index contributed by atoms with van der Waals surface area (Å²) >= 11 is 0. The number of anilines is 1. The molecule has 0 aliphatic carbocycles. The molecule has 1 N–H and O–H groups in total. The Balaban J connectivity index is 0.00000216. The van der Waals surface area contributed by atoms with E-state index in [2.05, 4.69) is 24.2 Å². The number of halogens is 2. The standard InChI is InChI=1S/C28H31N3O2.2ClH/c1-20-8-4-5-9-24(20)27(32)29-23-14-12-22(13-15-23)21(2)25-10-6-7-11-26(25)28(33)31-18-16-30(3)17-19-31;;/h4-15,21H,16-19H2,1-3H3,(H,29,32);2*1H. The highest BCUT2D eigenvalue weighted by molar-refractivity contribution is 6.05. The summed E-state index contributed by atoms with van der Waals surface area (Å²) in [7, 11) is 2.09. The minimum Gasteiger partial charge on any atom is -0.336 e. The van der Waals surface area contributed by atoms with E-state index >= 15 is 0 Å². The van der Waals surface area contributed by atoms with Gasteiger partial charge in [0, 0.05) is 48.9 Å². The molecule has 0 bridgehead atoms. The third-order valence-electron chi connectivity index (χ3n) is 6.51. The zero-order chi connectivity index (χ0) is 23.4. The van der Waals surface area contributed by atoms with E-state index in [1.54, 1.807) is 0 Å². The Bertz CT molecular complexity index is 1140. The Hall–Kier alpha value is -2.86. The molecule has 3 aromatic carbocycles. The largest absolute Gasteiger partial charge is 0.336 e. The van der Waals surface area contributed by atoms with Crippen LogP contribution >= 0.6 is 24.8 Å². The molecule has 7 heteroatoms. The van der Waals surface area contributed by atoms with E-state index in [1.165, 1.54) is 0 Å². The second-order valence-electron chi connectivity index (χ2n) is 8.80. The summed E-state index contributed by atoms with van der Waals surface area (Å²) in [5.41, 5.74) is 5.27. The molecule has 1 atom stereocenters. The number of nitrogens with one attached hydrogen (secondary N) is 1. The van der Waals surface area contributed by atoms with Crippen molar-refractivity contribution in [2.75, 3.05) is 38.5 Å². The summed E-state index contributed by atoms with van der Waals surface area (Å²) < 4.78 is 0. The first-order valence-electron chi connectivity index (χ1n) is 11.5. The van der Waals surface area contributed by atoms with Crippen molar-refractivity contribution in [1.29, 1.82) is 0 Å². The molecule has 3 aromatic rings. The first-order valence-corrected chi connectivity index (χ1v) is 11.5. The fraction of sp³-hybridized carbons (Fsp3) is 0.286. The first-order chi connectivity index (χ1) is 15.9. The summed E-state index contributed by atoms with van der Waals surface area (Å²) in [6.07, 6.45) is 0. The maximum Gasteiger partial charge on any atom is 0.255 e. The van der Waals surface area contributed by atoms with E-state index in [0.29, 0.717) is 5.56 Å². The Labute approximate surface area is 220 Å². The highest BCUT2D eigenvalue weighted by Crippen LogP contribution is 2.29. The molecule has 5 nitrogen and oxygen atoms in total. The summed E-state index contributed by atoms with van der Waals surface area (Å²) in [5.74, 6) is 0.0448. The Morgan fingerprint density at radius 2 is 1.37 bits per heavy atom. The topological polar surface area (TPSA) is 52.7 Å². The van der Waals surface area contributed by atoms with Gasteiger partial charge >= 0.3 is 0 Å². The van der Waals surface area contributed by atoms with Gasteiger partial charge in [0.25, 0.3) is 11.8 Å². The molecule has 1 aliphatic heterocycles. The molecule has 1 aliphatic rings. The quantitative estimate of drug-likeness (QED) is 0.480. The number of aryl methyl sites for hydroxylation is 1. The number of hydrogen-bond acceptors (Lipinski definition) is 3. The minimum absolute atomic E-state index is 0. The number of piperazine rings is 1. The van der Waals surface area contributed by atoms with Crippen molar-refractivity contribution in [3.8, 4) is 0 Å². The molecule has 0 spiro atoms. The van der Waals surface area contributed by atoms with Gasteiger partial charge in [0.15, 0.2) is 0 Å². The zero-order valence-corrected chi connectivity index (χ0v) is 22.0. The van der Waals surface area contributed by atoms with E-state index in [1.807, 2.05) is 84.6 Å². The van der Waals surface area contributed by atoms with Crippen molar-refractivity contribution in [1.82, 2.24) is 9.80 Å². The third kappa shape index (κ3) is 6.63. The molecule has 0 aromatic heterocycles. The first kappa shape index (κ1) is 28.4. The van der Waals surface area contributed by atoms with Crippen LogP contribution in [0.5, 0.6) is 0 Å². The van der Waals surface area contributed by atoms with Crippen LogP contribution in [0.4, 0.5) is 5.69 Å². The van der Waals surface area contributed by atoms with E-state index in [0.717, 1.165) is 54.1 Å². The van der Waals surface area contributed by atoms with Crippen molar-refractivity contribution < 1.29 is 9.59 Å². The number of carbonyl (C=O) groups is 2. The van der Waals surface area contributed by atoms with Crippen LogP contribution in [0.3, 0.4) is 0 Å². The summed E-state index contributed by atoms with van der Waals surface area (Å²) in [4.78, 5) is 30.1. The van der Waals surface area contributed by atoms with Crippen LogP contribution in [0.1, 0.15) is 50.2 Å². The normalized spacial score (nSPS) is 14.3. The summed E-state index contributed by atoms with van der Waals surface area (Å²) in [6.45, 7) is 7.37. The molecule has 2 amide bonds. The average molecular weight is 514 g/mol. The van der Waals surface area contributed by atoms with Crippen molar-refractivity contribution in [3.05, 3.63) is 101 Å². The van der Waals surface area contributed by atoms with Crippen LogP contribution in [0.25, 0.3) is 0 Å². The number of benzene rings is 3. The van der Waals surface area contributed by atoms with Gasteiger partial charge in [-0.05, 0) is 54.9 Å². The van der Waals surface area contributed by atoms with Crippen LogP contribution in [0, 0.1) is 6.92 Å². The maximum absolute atomic E-state index is 13.3. The van der Waals surface area contributed by atoms with Gasteiger partial charge in [0.1, 0.15) is 0 Å². The van der Waals surface area contributed by atoms with Crippen molar-refractivity contribution in [3.63, 3.8) is 0 Å². The molecule has 4 rings (SSSR count). The lowest BCUT2D eigenvalue weighted by Crippen LogP contribution is -2.47. The van der Waals surface area contributed by atoms with Gasteiger partial charge in [-0.25, -0.2) is 0 Å². The highest BCUT2D eigenvalue weighted by Gasteiger charge is 2.24. The van der Waals surface area contributed by atoms with E-state index in [4.69, 9.17) is 0 Å². The Kier molecular flexibility index (Phi) is 10.3. The van der Waals surface area contributed by atoms with Crippen molar-refractivity contribution in [2.45, 2.75) is 19.8 Å². The van der Waals surface area contributed by atoms with Gasteiger partial charge in [-0.3, -0.25) is 9.59 Å². The fourth-order valence-electron chi connectivity index (χ4n) is 4.31. The lowest BCUT2D eigenvalue weighted by atomic mass is 9.89. The number of carbonyl (C=O) groups excluding carboxylic acids is 2. The van der Waals surface area contributed by atoms with Crippen LogP contribution in [0.15, 0.2) is 72.8 Å². The van der Waals surface area contributed by atoms with Crippen LogP contribution in [0.2, 0.25) is 0 Å². The molecule has 0 saturated carbocycles. The molecule has 1 fully saturated rings. The van der Waals surface area contributed by atoms with Crippen LogP contribution < -0.4 is 5.32 Å². The van der Waals surface area contributed by atoms with Gasteiger partial charge < -0.3 is 15.1 Å².